The van der Waals surface area contributed by atoms with Crippen LogP contribution in [0.15, 0.2) is 24.3 Å². The molecule has 0 saturated carbocycles. The van der Waals surface area contributed by atoms with E-state index in [0.717, 1.165) is 18.4 Å². The van der Waals surface area contributed by atoms with Gasteiger partial charge in [0.05, 0.1) is 13.7 Å². The number of carbonyl (C=O) groups is 2. The van der Waals surface area contributed by atoms with Crippen LogP contribution in [0.2, 0.25) is 0 Å². The molecule has 186 valence electrons. The zero-order chi connectivity index (χ0) is 24.2. The Balaban J connectivity index is 2.18. The molecular formula is C28H44O5. The van der Waals surface area contributed by atoms with E-state index < -0.39 is 5.97 Å². The highest BCUT2D eigenvalue weighted by atomic mass is 16.6. The Morgan fingerprint density at radius 2 is 1.36 bits per heavy atom. The topological polar surface area (TPSA) is 61.8 Å². The second kappa shape index (κ2) is 19.2. The second-order valence-electron chi connectivity index (χ2n) is 8.46. The van der Waals surface area contributed by atoms with Gasteiger partial charge >= 0.3 is 11.9 Å². The van der Waals surface area contributed by atoms with Crippen LogP contribution in [0, 0.1) is 0 Å². The van der Waals surface area contributed by atoms with Crippen molar-refractivity contribution in [3.63, 3.8) is 0 Å². The highest BCUT2D eigenvalue weighted by Gasteiger charge is 2.10. The number of unbranched alkanes of at least 4 members (excludes halogenated alkanes) is 12. The fourth-order valence-electron chi connectivity index (χ4n) is 3.69. The van der Waals surface area contributed by atoms with Crippen LogP contribution in [0.1, 0.15) is 109 Å². The summed E-state index contributed by atoms with van der Waals surface area (Å²) in [4.78, 5) is 23.6. The average Bonchev–Trinajstić information content (AvgIpc) is 2.81. The van der Waals surface area contributed by atoms with E-state index in [-0.39, 0.29) is 5.97 Å². The molecule has 0 aliphatic rings. The van der Waals surface area contributed by atoms with Crippen molar-refractivity contribution in [2.45, 2.75) is 104 Å². The minimum absolute atomic E-state index is 0.244. The largest absolute Gasteiger partial charge is 0.493 e. The molecule has 0 aromatic heterocycles. The van der Waals surface area contributed by atoms with E-state index in [4.69, 9.17) is 14.2 Å². The molecule has 5 heteroatoms. The molecule has 33 heavy (non-hydrogen) atoms. The third kappa shape index (κ3) is 14.5. The van der Waals surface area contributed by atoms with E-state index in [1.807, 2.05) is 0 Å². The SMILES string of the molecule is CCCCCCCCCCCCCCCC(=O)Oc1ccc(C=CC(=O)OCC)cc1OC. The molecule has 0 heterocycles. The molecule has 0 bridgehead atoms. The molecule has 0 spiro atoms. The van der Waals surface area contributed by atoms with Crippen LogP contribution >= 0.6 is 0 Å². The van der Waals surface area contributed by atoms with Crippen molar-refractivity contribution in [1.82, 2.24) is 0 Å². The van der Waals surface area contributed by atoms with Crippen LogP contribution in [-0.2, 0) is 14.3 Å². The molecule has 1 aromatic rings. The van der Waals surface area contributed by atoms with E-state index in [1.54, 1.807) is 31.2 Å². The Morgan fingerprint density at radius 3 is 1.91 bits per heavy atom. The molecule has 0 aliphatic heterocycles. The van der Waals surface area contributed by atoms with Gasteiger partial charge in [-0.3, -0.25) is 4.79 Å². The van der Waals surface area contributed by atoms with Crippen molar-refractivity contribution in [3.05, 3.63) is 29.8 Å². The van der Waals surface area contributed by atoms with Crippen molar-refractivity contribution in [2.75, 3.05) is 13.7 Å². The lowest BCUT2D eigenvalue weighted by molar-refractivity contribution is -0.137. The monoisotopic (exact) mass is 460 g/mol. The summed E-state index contributed by atoms with van der Waals surface area (Å²) >= 11 is 0. The summed E-state index contributed by atoms with van der Waals surface area (Å²) in [5.41, 5.74) is 0.760. The van der Waals surface area contributed by atoms with Gasteiger partial charge in [0.1, 0.15) is 0 Å². The highest BCUT2D eigenvalue weighted by molar-refractivity contribution is 5.87. The van der Waals surface area contributed by atoms with Crippen LogP contribution in [-0.4, -0.2) is 25.7 Å². The van der Waals surface area contributed by atoms with E-state index >= 15 is 0 Å². The van der Waals surface area contributed by atoms with Crippen molar-refractivity contribution >= 4 is 18.0 Å². The molecule has 1 aromatic carbocycles. The van der Waals surface area contributed by atoms with Crippen LogP contribution in [0.5, 0.6) is 11.5 Å². The van der Waals surface area contributed by atoms with Crippen molar-refractivity contribution < 1.29 is 23.8 Å². The number of esters is 2. The van der Waals surface area contributed by atoms with Gasteiger partial charge in [-0.2, -0.15) is 0 Å². The zero-order valence-corrected chi connectivity index (χ0v) is 21.0. The molecule has 0 N–H and O–H groups in total. The van der Waals surface area contributed by atoms with Gasteiger partial charge in [0, 0.05) is 12.5 Å². The van der Waals surface area contributed by atoms with E-state index in [1.165, 1.54) is 83.8 Å². The van der Waals surface area contributed by atoms with Gasteiger partial charge in [-0.25, -0.2) is 4.79 Å². The Labute approximate surface area is 200 Å². The lowest BCUT2D eigenvalue weighted by Crippen LogP contribution is -2.08. The molecule has 0 aliphatic carbocycles. The smallest absolute Gasteiger partial charge is 0.330 e. The summed E-state index contributed by atoms with van der Waals surface area (Å²) in [6.45, 7) is 4.35. The Bertz CT molecular complexity index is 696. The standard InChI is InChI=1S/C28H44O5/c1-4-6-7-8-9-10-11-12-13-14-15-16-17-18-28(30)33-25-21-19-24(23-26(25)31-3)20-22-27(29)32-5-2/h19-23H,4-18H2,1-3H3. The molecule has 0 saturated heterocycles. The number of ether oxygens (including phenoxy) is 3. The zero-order valence-electron chi connectivity index (χ0n) is 21.0. The fraction of sp³-hybridized carbons (Fsp3) is 0.643. The minimum atomic E-state index is -0.398. The highest BCUT2D eigenvalue weighted by Crippen LogP contribution is 2.29. The minimum Gasteiger partial charge on any atom is -0.493 e. The Morgan fingerprint density at radius 1 is 0.788 bits per heavy atom. The number of rotatable bonds is 19. The van der Waals surface area contributed by atoms with Crippen LogP contribution in [0.4, 0.5) is 0 Å². The first-order chi connectivity index (χ1) is 16.1. The predicted octanol–water partition coefficient (Wildman–Crippen LogP) is 7.66. The molecule has 0 amide bonds. The second-order valence-corrected chi connectivity index (χ2v) is 8.46. The average molecular weight is 461 g/mol. The van der Waals surface area contributed by atoms with Crippen LogP contribution < -0.4 is 9.47 Å². The molecule has 1 rings (SSSR count). The number of methoxy groups -OCH3 is 1. The van der Waals surface area contributed by atoms with Crippen molar-refractivity contribution in [1.29, 1.82) is 0 Å². The van der Waals surface area contributed by atoms with Gasteiger partial charge in [-0.1, -0.05) is 90.0 Å². The third-order valence-electron chi connectivity index (χ3n) is 5.59. The fourth-order valence-corrected chi connectivity index (χ4v) is 3.69. The van der Waals surface area contributed by atoms with Crippen molar-refractivity contribution in [2.24, 2.45) is 0 Å². The van der Waals surface area contributed by atoms with Crippen LogP contribution in [0.3, 0.4) is 0 Å². The number of benzene rings is 1. The summed E-state index contributed by atoms with van der Waals surface area (Å²) in [6, 6.07) is 5.18. The first-order valence-electron chi connectivity index (χ1n) is 12.8. The van der Waals surface area contributed by atoms with Crippen molar-refractivity contribution in [3.8, 4) is 11.5 Å². The normalized spacial score (nSPS) is 11.0. The van der Waals surface area contributed by atoms with E-state index in [0.29, 0.717) is 24.5 Å². The number of hydrogen-bond donors (Lipinski definition) is 0. The summed E-state index contributed by atoms with van der Waals surface area (Å²) in [6.07, 6.45) is 20.0. The molecular weight excluding hydrogens is 416 g/mol. The van der Waals surface area contributed by atoms with Gasteiger partial charge < -0.3 is 14.2 Å². The molecule has 0 radical (unpaired) electrons. The maximum absolute atomic E-state index is 12.2. The van der Waals surface area contributed by atoms with Gasteiger partial charge in [0.25, 0.3) is 0 Å². The van der Waals surface area contributed by atoms with E-state index in [9.17, 15) is 9.59 Å². The van der Waals surface area contributed by atoms with Gasteiger partial charge in [0.15, 0.2) is 11.5 Å². The number of carbonyl (C=O) groups excluding carboxylic acids is 2. The quantitative estimate of drug-likeness (QED) is 0.0917. The first-order valence-corrected chi connectivity index (χ1v) is 12.8. The maximum atomic E-state index is 12.2. The third-order valence-corrected chi connectivity index (χ3v) is 5.59. The van der Waals surface area contributed by atoms with Gasteiger partial charge in [-0.15, -0.1) is 0 Å². The summed E-state index contributed by atoms with van der Waals surface area (Å²) in [5, 5.41) is 0. The Hall–Kier alpha value is -2.30. The van der Waals surface area contributed by atoms with Crippen LogP contribution in [0.25, 0.3) is 6.08 Å². The molecule has 5 nitrogen and oxygen atoms in total. The summed E-state index contributed by atoms with van der Waals surface area (Å²) in [7, 11) is 1.53. The molecule has 0 atom stereocenters. The van der Waals surface area contributed by atoms with E-state index in [2.05, 4.69) is 6.92 Å². The molecule has 0 unspecified atom stereocenters. The summed E-state index contributed by atoms with van der Waals surface area (Å²) < 4.78 is 15.7. The van der Waals surface area contributed by atoms with Gasteiger partial charge in [-0.05, 0) is 37.1 Å². The first kappa shape index (κ1) is 28.7. The van der Waals surface area contributed by atoms with Gasteiger partial charge in [0.2, 0.25) is 0 Å². The number of hydrogen-bond acceptors (Lipinski definition) is 5. The maximum Gasteiger partial charge on any atom is 0.330 e. The summed E-state index contributed by atoms with van der Waals surface area (Å²) in [5.74, 6) is 0.209. The Kier molecular flexibility index (Phi) is 16.7. The lowest BCUT2D eigenvalue weighted by atomic mass is 10.0. The molecule has 0 fully saturated rings. The lowest BCUT2D eigenvalue weighted by Gasteiger charge is -2.10. The predicted molar refractivity (Wildman–Crippen MR) is 135 cm³/mol.